The molecule has 2 aliphatic carbocycles. The van der Waals surface area contributed by atoms with Gasteiger partial charge in [-0.05, 0) is 51.4 Å². The molecule has 5 nitrogen and oxygen atoms in total. The third kappa shape index (κ3) is 4.02. The lowest BCUT2D eigenvalue weighted by molar-refractivity contribution is -0.120. The Bertz CT molecular complexity index is 1010. The highest BCUT2D eigenvalue weighted by molar-refractivity contribution is 9.10. The van der Waals surface area contributed by atoms with E-state index in [9.17, 15) is 9.59 Å². The molecule has 172 valence electrons. The van der Waals surface area contributed by atoms with Crippen LogP contribution < -0.4 is 9.47 Å². The molecule has 0 N–H and O–H groups in total. The number of hydrogen-bond donors (Lipinski definition) is 0. The van der Waals surface area contributed by atoms with Crippen LogP contribution in [0.1, 0.15) is 71.8 Å². The van der Waals surface area contributed by atoms with E-state index >= 15 is 0 Å². The average Bonchev–Trinajstić information content (AvgIpc) is 2.64. The van der Waals surface area contributed by atoms with Gasteiger partial charge >= 0.3 is 0 Å². The SMILES string of the molecule is CCOc1cc(C2C3=C(CC(C)(C)CC3=O)OC3=C2C(=O)CC(C)(C)C3)cc(Br)c1OC. The normalized spacial score (nSPS) is 22.3. The van der Waals surface area contributed by atoms with Crippen molar-refractivity contribution in [3.63, 3.8) is 0 Å². The Morgan fingerprint density at radius 1 is 0.969 bits per heavy atom. The van der Waals surface area contributed by atoms with Gasteiger partial charge in [-0.1, -0.05) is 27.7 Å². The van der Waals surface area contributed by atoms with Gasteiger partial charge in [0.05, 0.1) is 18.2 Å². The van der Waals surface area contributed by atoms with Gasteiger partial charge in [0.25, 0.3) is 0 Å². The van der Waals surface area contributed by atoms with E-state index in [1.165, 1.54) is 0 Å². The Kier molecular flexibility index (Phi) is 5.81. The number of allylic oxidation sites excluding steroid dienone is 4. The van der Waals surface area contributed by atoms with E-state index in [4.69, 9.17) is 14.2 Å². The highest BCUT2D eigenvalue weighted by Gasteiger charge is 2.48. The van der Waals surface area contributed by atoms with Crippen LogP contribution in [0.3, 0.4) is 0 Å². The molecule has 1 aromatic carbocycles. The van der Waals surface area contributed by atoms with Gasteiger partial charge in [-0.3, -0.25) is 9.59 Å². The summed E-state index contributed by atoms with van der Waals surface area (Å²) in [6, 6.07) is 3.84. The number of carbonyl (C=O) groups is 2. The van der Waals surface area contributed by atoms with Crippen LogP contribution in [0, 0.1) is 10.8 Å². The second-order valence-corrected chi connectivity index (χ2v) is 11.4. The summed E-state index contributed by atoms with van der Waals surface area (Å²) in [5.41, 5.74) is 1.73. The summed E-state index contributed by atoms with van der Waals surface area (Å²) in [6.07, 6.45) is 2.21. The minimum Gasteiger partial charge on any atom is -0.492 e. The summed E-state index contributed by atoms with van der Waals surface area (Å²) >= 11 is 3.60. The molecule has 0 saturated heterocycles. The zero-order valence-electron chi connectivity index (χ0n) is 19.7. The van der Waals surface area contributed by atoms with Gasteiger partial charge in [-0.15, -0.1) is 0 Å². The summed E-state index contributed by atoms with van der Waals surface area (Å²) in [7, 11) is 1.59. The molecule has 0 radical (unpaired) electrons. The van der Waals surface area contributed by atoms with Crippen LogP contribution in [0.5, 0.6) is 11.5 Å². The van der Waals surface area contributed by atoms with Crippen molar-refractivity contribution in [1.29, 1.82) is 0 Å². The minimum absolute atomic E-state index is 0.0512. The number of ether oxygens (including phenoxy) is 3. The Morgan fingerprint density at radius 3 is 1.97 bits per heavy atom. The highest BCUT2D eigenvalue weighted by Crippen LogP contribution is 2.54. The van der Waals surface area contributed by atoms with Gasteiger partial charge in [-0.25, -0.2) is 0 Å². The summed E-state index contributed by atoms with van der Waals surface area (Å²) in [5, 5.41) is 0. The van der Waals surface area contributed by atoms with E-state index in [1.54, 1.807) is 7.11 Å². The van der Waals surface area contributed by atoms with E-state index in [0.717, 1.165) is 10.0 Å². The van der Waals surface area contributed by atoms with E-state index in [-0.39, 0.29) is 22.4 Å². The molecule has 0 amide bonds. The molecule has 4 rings (SSSR count). The molecule has 0 bridgehead atoms. The second-order valence-electron chi connectivity index (χ2n) is 10.6. The van der Waals surface area contributed by atoms with Crippen LogP contribution in [0.4, 0.5) is 0 Å². The van der Waals surface area contributed by atoms with Crippen LogP contribution in [0.15, 0.2) is 39.3 Å². The molecule has 0 saturated carbocycles. The molecule has 1 heterocycles. The molecule has 0 aromatic heterocycles. The number of benzene rings is 1. The Hall–Kier alpha value is -2.08. The summed E-state index contributed by atoms with van der Waals surface area (Å²) in [5.74, 6) is 2.25. The van der Waals surface area contributed by atoms with Gasteiger partial charge in [0.1, 0.15) is 11.5 Å². The Labute approximate surface area is 198 Å². The number of ketones is 2. The Morgan fingerprint density at radius 2 is 1.50 bits per heavy atom. The first-order valence-corrected chi connectivity index (χ1v) is 12.0. The predicted molar refractivity (Wildman–Crippen MR) is 126 cm³/mol. The van der Waals surface area contributed by atoms with Crippen LogP contribution in [-0.4, -0.2) is 25.3 Å². The average molecular weight is 503 g/mol. The van der Waals surface area contributed by atoms with Crippen molar-refractivity contribution < 1.29 is 23.8 Å². The molecule has 0 spiro atoms. The molecule has 1 aliphatic heterocycles. The van der Waals surface area contributed by atoms with E-state index < -0.39 is 5.92 Å². The Balaban J connectivity index is 1.95. The fraction of sp³-hybridized carbons (Fsp3) is 0.538. The summed E-state index contributed by atoms with van der Waals surface area (Å²) in [6.45, 7) is 10.7. The van der Waals surface area contributed by atoms with Crippen molar-refractivity contribution in [3.8, 4) is 11.5 Å². The molecule has 1 aromatic rings. The highest BCUT2D eigenvalue weighted by atomic mass is 79.9. The largest absolute Gasteiger partial charge is 0.492 e. The molecule has 32 heavy (non-hydrogen) atoms. The quantitative estimate of drug-likeness (QED) is 0.486. The fourth-order valence-electron chi connectivity index (χ4n) is 5.22. The molecular weight excluding hydrogens is 472 g/mol. The predicted octanol–water partition coefficient (Wildman–Crippen LogP) is 6.26. The lowest BCUT2D eigenvalue weighted by Crippen LogP contribution is -2.37. The first kappa shape index (κ1) is 23.1. The molecule has 0 atom stereocenters. The standard InChI is InChI=1S/C26H31BrO5/c1-7-31-18-9-14(8-15(27)24(18)30-6)21-22-16(28)10-25(2,3)12-19(22)32-20-13-26(4,5)11-17(29)23(20)21/h8-9,21H,7,10-13H2,1-6H3. The van der Waals surface area contributed by atoms with Gasteiger partial charge in [-0.2, -0.15) is 0 Å². The lowest BCUT2D eigenvalue weighted by Gasteiger charge is -2.42. The second kappa shape index (κ2) is 8.05. The number of halogens is 1. The third-order valence-corrected chi connectivity index (χ3v) is 7.04. The maximum atomic E-state index is 13.4. The van der Waals surface area contributed by atoms with E-state index in [2.05, 4.69) is 43.6 Å². The van der Waals surface area contributed by atoms with Crippen LogP contribution in [-0.2, 0) is 14.3 Å². The number of Topliss-reactive ketones (excluding diaryl/α,β-unsaturated/α-hetero) is 2. The van der Waals surface area contributed by atoms with Crippen LogP contribution in [0.2, 0.25) is 0 Å². The lowest BCUT2D eigenvalue weighted by atomic mass is 9.65. The van der Waals surface area contributed by atoms with Gasteiger partial charge < -0.3 is 14.2 Å². The maximum absolute atomic E-state index is 13.4. The summed E-state index contributed by atoms with van der Waals surface area (Å²) < 4.78 is 18.5. The zero-order valence-corrected chi connectivity index (χ0v) is 21.3. The number of rotatable bonds is 4. The molecule has 3 aliphatic rings. The first-order valence-electron chi connectivity index (χ1n) is 11.2. The third-order valence-electron chi connectivity index (χ3n) is 6.45. The van der Waals surface area contributed by atoms with Crippen molar-refractivity contribution in [1.82, 2.24) is 0 Å². The molecule has 6 heteroatoms. The molecular formula is C26H31BrO5. The van der Waals surface area contributed by atoms with E-state index in [0.29, 0.717) is 66.5 Å². The topological polar surface area (TPSA) is 61.8 Å². The van der Waals surface area contributed by atoms with Crippen molar-refractivity contribution >= 4 is 27.5 Å². The first-order chi connectivity index (χ1) is 15.0. The van der Waals surface area contributed by atoms with Crippen molar-refractivity contribution in [2.45, 2.75) is 66.2 Å². The number of hydrogen-bond acceptors (Lipinski definition) is 5. The smallest absolute Gasteiger partial charge is 0.174 e. The monoisotopic (exact) mass is 502 g/mol. The minimum atomic E-state index is -0.456. The molecule has 0 fully saturated rings. The zero-order chi connectivity index (χ0) is 23.4. The van der Waals surface area contributed by atoms with Gasteiger partial charge in [0.15, 0.2) is 23.1 Å². The summed E-state index contributed by atoms with van der Waals surface area (Å²) in [4.78, 5) is 26.8. The van der Waals surface area contributed by atoms with Crippen molar-refractivity contribution in [2.75, 3.05) is 13.7 Å². The number of methoxy groups -OCH3 is 1. The van der Waals surface area contributed by atoms with Crippen LogP contribution >= 0.6 is 15.9 Å². The molecule has 0 unspecified atom stereocenters. The number of carbonyl (C=O) groups excluding carboxylic acids is 2. The fourth-order valence-corrected chi connectivity index (χ4v) is 5.85. The van der Waals surface area contributed by atoms with Crippen LogP contribution in [0.25, 0.3) is 0 Å². The van der Waals surface area contributed by atoms with Gasteiger partial charge in [0, 0.05) is 42.7 Å². The van der Waals surface area contributed by atoms with Gasteiger partial charge in [0.2, 0.25) is 0 Å². The van der Waals surface area contributed by atoms with Crippen molar-refractivity contribution in [3.05, 3.63) is 44.8 Å². The maximum Gasteiger partial charge on any atom is 0.174 e. The van der Waals surface area contributed by atoms with Crippen molar-refractivity contribution in [2.24, 2.45) is 10.8 Å². The van der Waals surface area contributed by atoms with E-state index in [1.807, 2.05) is 19.1 Å².